The molecule has 1 heterocycles. The highest BCUT2D eigenvalue weighted by Gasteiger charge is 2.32. The Morgan fingerprint density at radius 1 is 1.18 bits per heavy atom. The molecule has 2 rings (SSSR count). The van der Waals surface area contributed by atoms with Gasteiger partial charge in [-0.25, -0.2) is 0 Å². The quantitative estimate of drug-likeness (QED) is 0.774. The molecule has 1 amide bonds. The molecule has 3 nitrogen and oxygen atoms in total. The van der Waals surface area contributed by atoms with Gasteiger partial charge in [0.2, 0.25) is 0 Å². The van der Waals surface area contributed by atoms with E-state index in [9.17, 15) is 18.0 Å². The van der Waals surface area contributed by atoms with E-state index >= 15 is 0 Å². The summed E-state index contributed by atoms with van der Waals surface area (Å²) in [4.78, 5) is 12.9. The molecule has 2 aromatic rings. The van der Waals surface area contributed by atoms with Crippen molar-refractivity contribution in [1.82, 2.24) is 9.47 Å². The molecule has 0 atom stereocenters. The number of carbonyl (C=O) groups is 1. The Morgan fingerprint density at radius 3 is 2.27 bits per heavy atom. The lowest BCUT2D eigenvalue weighted by Crippen LogP contribution is -2.39. The zero-order valence-corrected chi connectivity index (χ0v) is 11.8. The molecule has 1 aromatic heterocycles. The molecule has 0 aliphatic heterocycles. The summed E-state index contributed by atoms with van der Waals surface area (Å²) >= 11 is 0. The van der Waals surface area contributed by atoms with Crippen LogP contribution in [0.2, 0.25) is 0 Å². The number of hydrogen-bond acceptors (Lipinski definition) is 1. The van der Waals surface area contributed by atoms with Crippen LogP contribution in [-0.2, 0) is 0 Å². The molecule has 22 heavy (non-hydrogen) atoms. The Balaban J connectivity index is 2.18. The van der Waals surface area contributed by atoms with Gasteiger partial charge in [0.25, 0.3) is 5.91 Å². The normalized spacial score (nSPS) is 11.2. The smallest absolute Gasteiger partial charge is 0.326 e. The highest BCUT2D eigenvalue weighted by molar-refractivity contribution is 5.94. The van der Waals surface area contributed by atoms with Gasteiger partial charge in [0.05, 0.1) is 0 Å². The predicted octanol–water partition coefficient (Wildman–Crippen LogP) is 3.67. The minimum Gasteiger partial charge on any atom is -0.326 e. The average molecular weight is 308 g/mol. The van der Waals surface area contributed by atoms with E-state index in [4.69, 9.17) is 0 Å². The molecule has 0 fully saturated rings. The third kappa shape index (κ3) is 4.00. The topological polar surface area (TPSA) is 25.2 Å². The van der Waals surface area contributed by atoms with E-state index in [2.05, 4.69) is 6.58 Å². The van der Waals surface area contributed by atoms with E-state index in [1.165, 1.54) is 18.2 Å². The minimum atomic E-state index is -4.44. The summed E-state index contributed by atoms with van der Waals surface area (Å²) in [5, 5.41) is 0. The number of aromatic nitrogens is 1. The Labute approximate surface area is 126 Å². The van der Waals surface area contributed by atoms with Crippen molar-refractivity contribution >= 4 is 5.91 Å². The van der Waals surface area contributed by atoms with Crippen LogP contribution in [0, 0.1) is 0 Å². The van der Waals surface area contributed by atoms with Crippen LogP contribution in [0.3, 0.4) is 0 Å². The fourth-order valence-corrected chi connectivity index (χ4v) is 2.06. The molecule has 0 saturated carbocycles. The van der Waals surface area contributed by atoms with Gasteiger partial charge in [-0.1, -0.05) is 6.08 Å². The molecular weight excluding hydrogens is 293 g/mol. The van der Waals surface area contributed by atoms with Crippen molar-refractivity contribution in [2.75, 3.05) is 13.1 Å². The zero-order chi connectivity index (χ0) is 16.2. The first-order valence-electron chi connectivity index (χ1n) is 6.61. The molecule has 0 unspecified atom stereocenters. The van der Waals surface area contributed by atoms with Crippen LogP contribution in [0.5, 0.6) is 0 Å². The molecule has 0 saturated heterocycles. The number of alkyl halides is 3. The third-order valence-electron chi connectivity index (χ3n) is 3.02. The van der Waals surface area contributed by atoms with Gasteiger partial charge >= 0.3 is 6.18 Å². The van der Waals surface area contributed by atoms with Gasteiger partial charge in [0, 0.05) is 30.2 Å². The van der Waals surface area contributed by atoms with Gasteiger partial charge < -0.3 is 9.47 Å². The molecule has 1 aromatic carbocycles. The van der Waals surface area contributed by atoms with Crippen LogP contribution >= 0.6 is 0 Å². The first-order valence-corrected chi connectivity index (χ1v) is 6.61. The molecule has 0 aliphatic rings. The molecule has 6 heteroatoms. The third-order valence-corrected chi connectivity index (χ3v) is 3.02. The van der Waals surface area contributed by atoms with Crippen molar-refractivity contribution in [2.45, 2.75) is 6.18 Å². The van der Waals surface area contributed by atoms with E-state index in [0.717, 1.165) is 10.6 Å². The van der Waals surface area contributed by atoms with Gasteiger partial charge in [-0.2, -0.15) is 13.2 Å². The van der Waals surface area contributed by atoms with Crippen LogP contribution < -0.4 is 0 Å². The van der Waals surface area contributed by atoms with E-state index < -0.39 is 18.6 Å². The molecule has 116 valence electrons. The lowest BCUT2D eigenvalue weighted by molar-refractivity contribution is -0.139. The van der Waals surface area contributed by atoms with Crippen molar-refractivity contribution in [3.8, 4) is 5.69 Å². The highest BCUT2D eigenvalue weighted by atomic mass is 19.4. The van der Waals surface area contributed by atoms with Crippen molar-refractivity contribution in [3.05, 3.63) is 67.0 Å². The van der Waals surface area contributed by atoms with Gasteiger partial charge in [0.1, 0.15) is 6.54 Å². The Kier molecular flexibility index (Phi) is 4.70. The summed E-state index contributed by atoms with van der Waals surface area (Å²) in [7, 11) is 0. The monoisotopic (exact) mass is 308 g/mol. The van der Waals surface area contributed by atoms with Crippen LogP contribution in [0.25, 0.3) is 5.69 Å². The van der Waals surface area contributed by atoms with Gasteiger partial charge in [0.15, 0.2) is 0 Å². The predicted molar refractivity (Wildman–Crippen MR) is 77.9 cm³/mol. The number of rotatable bonds is 5. The summed E-state index contributed by atoms with van der Waals surface area (Å²) < 4.78 is 39.4. The lowest BCUT2D eigenvalue weighted by Gasteiger charge is -2.22. The number of halogens is 3. The number of carbonyl (C=O) groups excluding carboxylic acids is 1. The van der Waals surface area contributed by atoms with Crippen molar-refractivity contribution in [3.63, 3.8) is 0 Å². The first kappa shape index (κ1) is 15.9. The van der Waals surface area contributed by atoms with Crippen molar-refractivity contribution in [2.24, 2.45) is 0 Å². The largest absolute Gasteiger partial charge is 0.406 e. The summed E-state index contributed by atoms with van der Waals surface area (Å²) in [5.74, 6) is -0.670. The zero-order valence-electron chi connectivity index (χ0n) is 11.8. The standard InChI is InChI=1S/C16H15F3N2O/c1-2-9-21(12-16(17,18)19)15(22)13-5-7-14(8-6-13)20-10-3-4-11-20/h2-8,10-11H,1,9,12H2. The number of nitrogens with zero attached hydrogens (tertiary/aromatic N) is 2. The molecular formula is C16H15F3N2O. The lowest BCUT2D eigenvalue weighted by atomic mass is 10.1. The van der Waals surface area contributed by atoms with Crippen LogP contribution in [0.15, 0.2) is 61.4 Å². The maximum Gasteiger partial charge on any atom is 0.406 e. The minimum absolute atomic E-state index is 0.155. The molecule has 0 radical (unpaired) electrons. The SMILES string of the molecule is C=CCN(CC(F)(F)F)C(=O)c1ccc(-n2cccc2)cc1. The fourth-order valence-electron chi connectivity index (χ4n) is 2.06. The summed E-state index contributed by atoms with van der Waals surface area (Å²) in [6.07, 6.45) is 0.510. The van der Waals surface area contributed by atoms with Gasteiger partial charge in [-0.3, -0.25) is 4.79 Å². The average Bonchev–Trinajstić information content (AvgIpc) is 2.99. The van der Waals surface area contributed by atoms with Crippen LogP contribution in [-0.4, -0.2) is 34.6 Å². The Bertz CT molecular complexity index is 630. The van der Waals surface area contributed by atoms with Gasteiger partial charge in [-0.15, -0.1) is 6.58 Å². The summed E-state index contributed by atoms with van der Waals surface area (Å²) in [6, 6.07) is 10.1. The maximum atomic E-state index is 12.5. The maximum absolute atomic E-state index is 12.5. The van der Waals surface area contributed by atoms with E-state index in [-0.39, 0.29) is 12.1 Å². The molecule has 0 bridgehead atoms. The summed E-state index contributed by atoms with van der Waals surface area (Å²) in [5.41, 5.74) is 1.04. The molecule has 0 spiro atoms. The Morgan fingerprint density at radius 2 is 1.77 bits per heavy atom. The van der Waals surface area contributed by atoms with Gasteiger partial charge in [-0.05, 0) is 36.4 Å². The van der Waals surface area contributed by atoms with Crippen molar-refractivity contribution < 1.29 is 18.0 Å². The number of benzene rings is 1. The van der Waals surface area contributed by atoms with Crippen LogP contribution in [0.4, 0.5) is 13.2 Å². The second kappa shape index (κ2) is 6.51. The fraction of sp³-hybridized carbons (Fsp3) is 0.188. The Hall–Kier alpha value is -2.50. The molecule has 0 N–H and O–H groups in total. The van der Waals surface area contributed by atoms with E-state index in [0.29, 0.717) is 0 Å². The van der Waals surface area contributed by atoms with Crippen LogP contribution in [0.1, 0.15) is 10.4 Å². The first-order chi connectivity index (χ1) is 10.4. The van der Waals surface area contributed by atoms with E-state index in [1.54, 1.807) is 12.1 Å². The number of hydrogen-bond donors (Lipinski definition) is 0. The number of amides is 1. The van der Waals surface area contributed by atoms with Crippen molar-refractivity contribution in [1.29, 1.82) is 0 Å². The molecule has 0 aliphatic carbocycles. The highest BCUT2D eigenvalue weighted by Crippen LogP contribution is 2.19. The summed E-state index contributed by atoms with van der Waals surface area (Å²) in [6.45, 7) is 1.94. The second-order valence-electron chi connectivity index (χ2n) is 4.73. The second-order valence-corrected chi connectivity index (χ2v) is 4.73. The van der Waals surface area contributed by atoms with E-state index in [1.807, 2.05) is 29.1 Å².